The molecule has 134 valence electrons. The van der Waals surface area contributed by atoms with Gasteiger partial charge in [0.15, 0.2) is 5.60 Å². The molecule has 2 heterocycles. The van der Waals surface area contributed by atoms with Gasteiger partial charge in [-0.15, -0.1) is 0 Å². The fourth-order valence-corrected chi connectivity index (χ4v) is 6.65. The first kappa shape index (κ1) is 16.4. The molecule has 2 saturated heterocycles. The molecule has 2 saturated carbocycles. The first-order chi connectivity index (χ1) is 10.9. The average molecular weight is 333 g/mol. The molecule has 4 atom stereocenters. The Kier molecular flexibility index (Phi) is 2.86. The van der Waals surface area contributed by atoms with Crippen LogP contribution < -0.4 is 0 Å². The number of carbonyl (C=O) groups is 2. The third-order valence-corrected chi connectivity index (χ3v) is 8.10. The summed E-state index contributed by atoms with van der Waals surface area (Å²) in [6.45, 7) is 13.8. The van der Waals surface area contributed by atoms with Crippen molar-refractivity contribution >= 4 is 11.9 Å². The van der Waals surface area contributed by atoms with Gasteiger partial charge >= 0.3 is 5.97 Å². The van der Waals surface area contributed by atoms with E-state index in [1.807, 2.05) is 6.92 Å². The van der Waals surface area contributed by atoms with Crippen molar-refractivity contribution in [1.82, 2.24) is 4.90 Å². The fourth-order valence-electron chi connectivity index (χ4n) is 6.65. The van der Waals surface area contributed by atoms with E-state index >= 15 is 0 Å². The molecule has 1 amide bonds. The minimum atomic E-state index is -0.948. The molecule has 0 unspecified atom stereocenters. The highest BCUT2D eigenvalue weighted by Crippen LogP contribution is 2.66. The van der Waals surface area contributed by atoms with Gasteiger partial charge in [0.25, 0.3) is 5.91 Å². The third-order valence-electron chi connectivity index (χ3n) is 8.10. The molecule has 2 aliphatic heterocycles. The summed E-state index contributed by atoms with van der Waals surface area (Å²) < 4.78 is 5.84. The van der Waals surface area contributed by atoms with E-state index < -0.39 is 16.4 Å². The van der Waals surface area contributed by atoms with Crippen molar-refractivity contribution in [1.29, 1.82) is 0 Å². The van der Waals surface area contributed by atoms with Crippen LogP contribution >= 0.6 is 0 Å². The third kappa shape index (κ3) is 1.70. The van der Waals surface area contributed by atoms with Gasteiger partial charge in [-0.1, -0.05) is 34.6 Å². The van der Waals surface area contributed by atoms with Crippen LogP contribution in [0.2, 0.25) is 0 Å². The number of carbonyl (C=O) groups excluding carboxylic acids is 2. The molecule has 4 bridgehead atoms. The van der Waals surface area contributed by atoms with Crippen LogP contribution in [-0.4, -0.2) is 35.0 Å². The van der Waals surface area contributed by atoms with E-state index in [2.05, 4.69) is 39.5 Å². The van der Waals surface area contributed by atoms with Gasteiger partial charge in [0.05, 0.1) is 5.41 Å². The number of nitrogens with zero attached hydrogens (tertiary/aromatic N) is 1. The van der Waals surface area contributed by atoms with Crippen LogP contribution in [-0.2, 0) is 14.3 Å². The predicted octanol–water partition coefficient (Wildman–Crippen LogP) is 3.54. The lowest BCUT2D eigenvalue weighted by Crippen LogP contribution is -2.56. The van der Waals surface area contributed by atoms with Crippen molar-refractivity contribution in [3.8, 4) is 0 Å². The van der Waals surface area contributed by atoms with E-state index in [1.54, 1.807) is 0 Å². The van der Waals surface area contributed by atoms with E-state index in [1.165, 1.54) is 0 Å². The maximum Gasteiger partial charge on any atom is 0.313 e. The second-order valence-corrected chi connectivity index (χ2v) is 10.8. The Hall–Kier alpha value is -1.06. The highest BCUT2D eigenvalue weighted by atomic mass is 16.6. The summed E-state index contributed by atoms with van der Waals surface area (Å²) in [5.41, 5.74) is -1.44. The zero-order chi connectivity index (χ0) is 17.8. The largest absolute Gasteiger partial charge is 0.448 e. The summed E-state index contributed by atoms with van der Waals surface area (Å²) in [5, 5.41) is 0. The van der Waals surface area contributed by atoms with Crippen molar-refractivity contribution in [2.24, 2.45) is 21.7 Å². The number of rotatable bonds is 1. The van der Waals surface area contributed by atoms with Crippen LogP contribution in [0.25, 0.3) is 0 Å². The van der Waals surface area contributed by atoms with E-state index in [4.69, 9.17) is 4.74 Å². The lowest BCUT2D eigenvalue weighted by Gasteiger charge is -2.41. The van der Waals surface area contributed by atoms with Gasteiger partial charge in [0.1, 0.15) is 0 Å². The van der Waals surface area contributed by atoms with Crippen LogP contribution in [0.4, 0.5) is 0 Å². The second-order valence-electron chi connectivity index (χ2n) is 10.8. The normalized spacial score (nSPS) is 47.8. The highest BCUT2D eigenvalue weighted by Gasteiger charge is 2.76. The monoisotopic (exact) mass is 333 g/mol. The quantitative estimate of drug-likeness (QED) is 0.690. The van der Waals surface area contributed by atoms with Crippen LogP contribution in [0.3, 0.4) is 0 Å². The molecule has 4 fully saturated rings. The van der Waals surface area contributed by atoms with Crippen LogP contribution in [0.5, 0.6) is 0 Å². The zero-order valence-electron chi connectivity index (χ0n) is 16.0. The molecule has 0 aromatic rings. The summed E-state index contributed by atoms with van der Waals surface area (Å²) in [7, 11) is 0. The Morgan fingerprint density at radius 3 is 2.29 bits per heavy atom. The molecule has 0 spiro atoms. The Bertz CT molecular complexity index is 639. The number of amides is 1. The Balaban J connectivity index is 1.70. The van der Waals surface area contributed by atoms with Crippen molar-refractivity contribution in [3.63, 3.8) is 0 Å². The SMILES string of the molecule is CC1(C)C[C@@H]2C[C@@](C)(CN2C(=O)[C@]23CC[C@@](C)(C(=O)O2)C3(C)C)C1. The molecule has 4 nitrogen and oxygen atoms in total. The predicted molar refractivity (Wildman–Crippen MR) is 91.2 cm³/mol. The van der Waals surface area contributed by atoms with E-state index in [0.29, 0.717) is 12.5 Å². The van der Waals surface area contributed by atoms with Gasteiger partial charge in [0.2, 0.25) is 0 Å². The Morgan fingerprint density at radius 1 is 1.08 bits per heavy atom. The molecule has 24 heavy (non-hydrogen) atoms. The smallest absolute Gasteiger partial charge is 0.313 e. The van der Waals surface area contributed by atoms with Gasteiger partial charge in [-0.2, -0.15) is 0 Å². The standard InChI is InChI=1S/C20H31NO3/c1-16(2)9-13-10-18(5,11-16)12-21(13)14(22)20-8-7-19(6,15(23)24-20)17(20,3)4/h13H,7-12H2,1-6H3/t13-,18-,19+,20+/m1/s1. The topological polar surface area (TPSA) is 46.6 Å². The minimum Gasteiger partial charge on any atom is -0.448 e. The molecule has 4 aliphatic rings. The molecular formula is C20H31NO3. The van der Waals surface area contributed by atoms with Crippen LogP contribution in [0.15, 0.2) is 0 Å². The summed E-state index contributed by atoms with van der Waals surface area (Å²) >= 11 is 0. The number of esters is 1. The molecule has 4 rings (SSSR count). The number of likely N-dealkylation sites (tertiary alicyclic amines) is 1. The van der Waals surface area contributed by atoms with Crippen molar-refractivity contribution in [2.75, 3.05) is 6.54 Å². The van der Waals surface area contributed by atoms with Gasteiger partial charge in [-0.05, 0) is 49.9 Å². The Labute approximate surface area is 145 Å². The maximum atomic E-state index is 13.7. The molecule has 0 aromatic carbocycles. The van der Waals surface area contributed by atoms with Crippen molar-refractivity contribution in [2.45, 2.75) is 85.3 Å². The lowest BCUT2D eigenvalue weighted by molar-refractivity contribution is -0.174. The zero-order valence-corrected chi connectivity index (χ0v) is 16.0. The second kappa shape index (κ2) is 4.19. The minimum absolute atomic E-state index is 0.0773. The van der Waals surface area contributed by atoms with Crippen LogP contribution in [0.1, 0.15) is 73.6 Å². The molecule has 2 aliphatic carbocycles. The fraction of sp³-hybridized carbons (Fsp3) is 0.900. The summed E-state index contributed by atoms with van der Waals surface area (Å²) in [5.74, 6) is -0.102. The Morgan fingerprint density at radius 2 is 1.75 bits per heavy atom. The molecule has 0 aromatic heterocycles. The van der Waals surface area contributed by atoms with E-state index in [9.17, 15) is 9.59 Å². The summed E-state index contributed by atoms with van der Waals surface area (Å²) in [4.78, 5) is 28.3. The van der Waals surface area contributed by atoms with E-state index in [-0.39, 0.29) is 22.7 Å². The molecule has 4 heteroatoms. The first-order valence-electron chi connectivity index (χ1n) is 9.41. The van der Waals surface area contributed by atoms with Gasteiger partial charge in [-0.3, -0.25) is 9.59 Å². The van der Waals surface area contributed by atoms with E-state index in [0.717, 1.165) is 32.2 Å². The summed E-state index contributed by atoms with van der Waals surface area (Å²) in [6, 6.07) is 0.294. The first-order valence-corrected chi connectivity index (χ1v) is 9.41. The van der Waals surface area contributed by atoms with Crippen molar-refractivity contribution < 1.29 is 14.3 Å². The number of fused-ring (bicyclic) bond motifs is 4. The van der Waals surface area contributed by atoms with Gasteiger partial charge in [0, 0.05) is 18.0 Å². The highest BCUT2D eigenvalue weighted by molar-refractivity contribution is 5.96. The molecule has 0 radical (unpaired) electrons. The number of hydrogen-bond acceptors (Lipinski definition) is 3. The number of hydrogen-bond donors (Lipinski definition) is 0. The lowest BCUT2D eigenvalue weighted by atomic mass is 9.65. The molecule has 0 N–H and O–H groups in total. The number of ether oxygens (including phenoxy) is 1. The van der Waals surface area contributed by atoms with Gasteiger partial charge in [-0.25, -0.2) is 0 Å². The maximum absolute atomic E-state index is 13.7. The van der Waals surface area contributed by atoms with Crippen molar-refractivity contribution in [3.05, 3.63) is 0 Å². The molecular weight excluding hydrogens is 302 g/mol. The summed E-state index contributed by atoms with van der Waals surface area (Å²) in [6.07, 6.45) is 4.73. The average Bonchev–Trinajstić information content (AvgIpc) is 2.86. The van der Waals surface area contributed by atoms with Crippen LogP contribution in [0, 0.1) is 21.7 Å². The van der Waals surface area contributed by atoms with Gasteiger partial charge < -0.3 is 9.64 Å².